The molecule has 0 spiro atoms. The minimum Gasteiger partial charge on any atom is -0.494 e. The highest BCUT2D eigenvalue weighted by Crippen LogP contribution is 2.27. The summed E-state index contributed by atoms with van der Waals surface area (Å²) in [6.45, 7) is 4.50. The van der Waals surface area contributed by atoms with Gasteiger partial charge in [-0.1, -0.05) is 0 Å². The van der Waals surface area contributed by atoms with Crippen LogP contribution >= 0.6 is 0 Å². The monoisotopic (exact) mass is 451 g/mol. The summed E-state index contributed by atoms with van der Waals surface area (Å²) >= 11 is 0. The Balaban J connectivity index is 1.67. The molecule has 0 N–H and O–H groups in total. The summed E-state index contributed by atoms with van der Waals surface area (Å²) in [5.74, 6) is 0.0305. The van der Waals surface area contributed by atoms with Crippen molar-refractivity contribution in [1.29, 1.82) is 0 Å². The van der Waals surface area contributed by atoms with Crippen LogP contribution < -0.4 is 18.9 Å². The minimum atomic E-state index is -0.660. The lowest BCUT2D eigenvalue weighted by Gasteiger charge is -2.12. The van der Waals surface area contributed by atoms with E-state index < -0.39 is 16.9 Å². The van der Waals surface area contributed by atoms with E-state index in [1.807, 2.05) is 6.92 Å². The Morgan fingerprint density at radius 1 is 0.758 bits per heavy atom. The van der Waals surface area contributed by atoms with Gasteiger partial charge >= 0.3 is 11.9 Å². The van der Waals surface area contributed by atoms with E-state index in [0.717, 1.165) is 0 Å². The molecule has 9 heteroatoms. The number of esters is 2. The lowest BCUT2D eigenvalue weighted by molar-refractivity contribution is -0.384. The summed E-state index contributed by atoms with van der Waals surface area (Å²) in [4.78, 5) is 35.1. The first-order valence-electron chi connectivity index (χ1n) is 10.1. The van der Waals surface area contributed by atoms with Gasteiger partial charge < -0.3 is 18.9 Å². The first-order valence-corrected chi connectivity index (χ1v) is 10.1. The first-order chi connectivity index (χ1) is 15.9. The molecule has 0 unspecified atom stereocenters. The molecule has 33 heavy (non-hydrogen) atoms. The van der Waals surface area contributed by atoms with E-state index in [2.05, 4.69) is 0 Å². The normalized spacial score (nSPS) is 10.2. The molecular formula is C24H21NO8. The van der Waals surface area contributed by atoms with Crippen molar-refractivity contribution in [2.45, 2.75) is 13.8 Å². The van der Waals surface area contributed by atoms with E-state index in [9.17, 15) is 19.7 Å². The number of carbonyl (C=O) groups is 2. The molecule has 3 aromatic rings. The fraction of sp³-hybridized carbons (Fsp3) is 0.167. The van der Waals surface area contributed by atoms with Crippen LogP contribution in [0.2, 0.25) is 0 Å². The zero-order valence-electron chi connectivity index (χ0n) is 18.0. The van der Waals surface area contributed by atoms with Crippen LogP contribution in [0.15, 0.2) is 66.7 Å². The van der Waals surface area contributed by atoms with Crippen LogP contribution in [-0.2, 0) is 0 Å². The topological polar surface area (TPSA) is 114 Å². The average molecular weight is 451 g/mol. The molecule has 0 fully saturated rings. The van der Waals surface area contributed by atoms with Crippen LogP contribution in [0.1, 0.15) is 34.6 Å². The van der Waals surface area contributed by atoms with Gasteiger partial charge in [0, 0.05) is 18.2 Å². The molecule has 0 heterocycles. The van der Waals surface area contributed by atoms with Crippen molar-refractivity contribution in [2.75, 3.05) is 13.2 Å². The molecule has 0 aliphatic carbocycles. The Bertz CT molecular complexity index is 1140. The second-order valence-electron chi connectivity index (χ2n) is 6.58. The number of nitro benzene ring substituents is 1. The highest BCUT2D eigenvalue weighted by Gasteiger charge is 2.17. The van der Waals surface area contributed by atoms with Crippen LogP contribution in [-0.4, -0.2) is 30.1 Å². The number of non-ortho nitro benzene ring substituents is 1. The Hall–Kier alpha value is -4.40. The Morgan fingerprint density at radius 2 is 1.30 bits per heavy atom. The summed E-state index contributed by atoms with van der Waals surface area (Å²) in [7, 11) is 0. The van der Waals surface area contributed by atoms with Crippen LogP contribution in [0.4, 0.5) is 5.69 Å². The quantitative estimate of drug-likeness (QED) is 0.197. The second kappa shape index (κ2) is 10.8. The molecule has 0 bridgehead atoms. The molecule has 0 aliphatic rings. The van der Waals surface area contributed by atoms with Gasteiger partial charge in [0.25, 0.3) is 5.69 Å². The lowest BCUT2D eigenvalue weighted by Crippen LogP contribution is -2.12. The smallest absolute Gasteiger partial charge is 0.347 e. The molecule has 170 valence electrons. The van der Waals surface area contributed by atoms with Crippen LogP contribution in [0.25, 0.3) is 0 Å². The molecule has 0 amide bonds. The summed E-state index contributed by atoms with van der Waals surface area (Å²) in [6, 6.07) is 15.8. The number of hydrogen-bond acceptors (Lipinski definition) is 8. The molecule has 0 saturated heterocycles. The summed E-state index contributed by atoms with van der Waals surface area (Å²) in [6.07, 6.45) is 0. The van der Waals surface area contributed by atoms with Crippen LogP contribution in [0.5, 0.6) is 23.0 Å². The minimum absolute atomic E-state index is 0.110. The van der Waals surface area contributed by atoms with Crippen LogP contribution in [0.3, 0.4) is 0 Å². The van der Waals surface area contributed by atoms with E-state index in [0.29, 0.717) is 24.7 Å². The predicted molar refractivity (Wildman–Crippen MR) is 118 cm³/mol. The van der Waals surface area contributed by atoms with E-state index in [4.69, 9.17) is 18.9 Å². The van der Waals surface area contributed by atoms with Gasteiger partial charge in [-0.15, -0.1) is 0 Å². The third-order valence-corrected chi connectivity index (χ3v) is 4.34. The molecule has 0 aliphatic heterocycles. The predicted octanol–water partition coefficient (Wildman–Crippen LogP) is 4.83. The Morgan fingerprint density at radius 3 is 1.88 bits per heavy atom. The maximum Gasteiger partial charge on any atom is 0.347 e. The summed E-state index contributed by atoms with van der Waals surface area (Å²) in [5, 5.41) is 10.7. The SMILES string of the molecule is CCOc1ccc(C(=O)Oc2ccc(C(=O)Oc3ccc([N+](=O)[O-])cc3)cc2)c(OCC)c1. The highest BCUT2D eigenvalue weighted by atomic mass is 16.6. The van der Waals surface area contributed by atoms with E-state index in [1.165, 1.54) is 48.5 Å². The third kappa shape index (κ3) is 6.07. The van der Waals surface area contributed by atoms with Crippen molar-refractivity contribution in [3.63, 3.8) is 0 Å². The lowest BCUT2D eigenvalue weighted by atomic mass is 10.2. The molecular weight excluding hydrogens is 430 g/mol. The van der Waals surface area contributed by atoms with Crippen molar-refractivity contribution in [2.24, 2.45) is 0 Å². The second-order valence-corrected chi connectivity index (χ2v) is 6.58. The van der Waals surface area contributed by atoms with Crippen LogP contribution in [0, 0.1) is 10.1 Å². The molecule has 0 saturated carbocycles. The Labute approximate surface area is 189 Å². The van der Waals surface area contributed by atoms with E-state index >= 15 is 0 Å². The maximum absolute atomic E-state index is 12.6. The summed E-state index contributed by atoms with van der Waals surface area (Å²) in [5.41, 5.74) is 0.340. The number of rotatable bonds is 9. The number of nitro groups is 1. The number of carbonyl (C=O) groups excluding carboxylic acids is 2. The molecule has 0 atom stereocenters. The van der Waals surface area contributed by atoms with Gasteiger partial charge in [0.1, 0.15) is 28.6 Å². The summed E-state index contributed by atoms with van der Waals surface area (Å²) < 4.78 is 21.6. The van der Waals surface area contributed by atoms with E-state index in [-0.39, 0.29) is 28.3 Å². The highest BCUT2D eigenvalue weighted by molar-refractivity contribution is 5.94. The van der Waals surface area contributed by atoms with Gasteiger partial charge in [-0.05, 0) is 62.4 Å². The number of ether oxygens (including phenoxy) is 4. The van der Waals surface area contributed by atoms with Crippen molar-refractivity contribution >= 4 is 17.6 Å². The number of nitrogens with zero attached hydrogens (tertiary/aromatic N) is 1. The average Bonchev–Trinajstić information content (AvgIpc) is 2.80. The fourth-order valence-corrected chi connectivity index (χ4v) is 2.83. The first kappa shape index (κ1) is 23.3. The largest absolute Gasteiger partial charge is 0.494 e. The van der Waals surface area contributed by atoms with Crippen molar-refractivity contribution in [1.82, 2.24) is 0 Å². The molecule has 3 aromatic carbocycles. The third-order valence-electron chi connectivity index (χ3n) is 4.34. The zero-order valence-corrected chi connectivity index (χ0v) is 18.0. The van der Waals surface area contributed by atoms with Gasteiger partial charge in [0.05, 0.1) is 23.7 Å². The number of benzene rings is 3. The van der Waals surface area contributed by atoms with Gasteiger partial charge in [-0.25, -0.2) is 9.59 Å². The van der Waals surface area contributed by atoms with Crippen molar-refractivity contribution < 1.29 is 33.5 Å². The zero-order chi connectivity index (χ0) is 23.8. The Kier molecular flexibility index (Phi) is 7.59. The van der Waals surface area contributed by atoms with Gasteiger partial charge in [0.15, 0.2) is 0 Å². The number of hydrogen-bond donors (Lipinski definition) is 0. The van der Waals surface area contributed by atoms with E-state index in [1.54, 1.807) is 25.1 Å². The molecule has 0 radical (unpaired) electrons. The van der Waals surface area contributed by atoms with Crippen molar-refractivity contribution in [3.05, 3.63) is 88.0 Å². The fourth-order valence-electron chi connectivity index (χ4n) is 2.83. The molecule has 3 rings (SSSR count). The van der Waals surface area contributed by atoms with Crippen molar-refractivity contribution in [3.8, 4) is 23.0 Å². The molecule has 9 nitrogen and oxygen atoms in total. The maximum atomic E-state index is 12.6. The molecule has 0 aromatic heterocycles. The van der Waals surface area contributed by atoms with Gasteiger partial charge in [-0.2, -0.15) is 0 Å². The van der Waals surface area contributed by atoms with Gasteiger partial charge in [0.2, 0.25) is 0 Å². The standard InChI is InChI=1S/C24H21NO8/c1-3-30-20-13-14-21(22(15-20)31-4-2)24(27)33-18-9-5-16(6-10-18)23(26)32-19-11-7-17(8-12-19)25(28)29/h5-15H,3-4H2,1-2H3. The van der Waals surface area contributed by atoms with Gasteiger partial charge in [-0.3, -0.25) is 10.1 Å².